The highest BCUT2D eigenvalue weighted by atomic mass is 16.7. The van der Waals surface area contributed by atoms with Crippen LogP contribution in [0.25, 0.3) is 10.8 Å². The molecule has 5 unspecified atom stereocenters. The Morgan fingerprint density at radius 3 is 2.36 bits per heavy atom. The van der Waals surface area contributed by atoms with E-state index in [9.17, 15) is 4.79 Å². The van der Waals surface area contributed by atoms with Gasteiger partial charge in [-0.2, -0.15) is 5.06 Å². The number of amides is 2. The minimum Gasteiger partial charge on any atom is -0.335 e. The van der Waals surface area contributed by atoms with Gasteiger partial charge >= 0.3 is 6.03 Å². The van der Waals surface area contributed by atoms with Crippen molar-refractivity contribution in [3.05, 3.63) is 78.4 Å². The van der Waals surface area contributed by atoms with Gasteiger partial charge in [-0.1, -0.05) is 87.5 Å². The zero-order chi connectivity index (χ0) is 25.9. The first-order chi connectivity index (χ1) is 17.2. The number of rotatable bonds is 7. The van der Waals surface area contributed by atoms with Crippen LogP contribution >= 0.6 is 0 Å². The highest BCUT2D eigenvalue weighted by Crippen LogP contribution is 2.47. The maximum Gasteiger partial charge on any atom is 0.319 e. The SMILES string of the molecule is CCC1(C)CC(NC(=O)Nc2cccc3ccccc23)C(C)C(C)(CC)N1OC(C)c1ccccc1. The summed E-state index contributed by atoms with van der Waals surface area (Å²) >= 11 is 0. The summed E-state index contributed by atoms with van der Waals surface area (Å²) < 4.78 is 0. The van der Waals surface area contributed by atoms with E-state index in [4.69, 9.17) is 4.84 Å². The number of fused-ring (bicyclic) bond motifs is 1. The largest absolute Gasteiger partial charge is 0.335 e. The van der Waals surface area contributed by atoms with Gasteiger partial charge in [-0.25, -0.2) is 4.79 Å². The van der Waals surface area contributed by atoms with Gasteiger partial charge in [0.05, 0.1) is 5.69 Å². The fraction of sp³-hybridized carbons (Fsp3) is 0.452. The van der Waals surface area contributed by atoms with Gasteiger partial charge in [0.25, 0.3) is 0 Å². The molecule has 5 nitrogen and oxygen atoms in total. The first-order valence-corrected chi connectivity index (χ1v) is 13.3. The molecule has 2 N–H and O–H groups in total. The molecule has 1 aliphatic rings. The number of hydrogen-bond acceptors (Lipinski definition) is 3. The molecule has 0 bridgehead atoms. The Bertz CT molecular complexity index is 1180. The smallest absolute Gasteiger partial charge is 0.319 e. The van der Waals surface area contributed by atoms with E-state index in [1.165, 1.54) is 0 Å². The molecule has 5 atom stereocenters. The molecular formula is C31H41N3O2. The van der Waals surface area contributed by atoms with Crippen LogP contribution in [-0.4, -0.2) is 28.2 Å². The Morgan fingerprint density at radius 1 is 1.00 bits per heavy atom. The summed E-state index contributed by atoms with van der Waals surface area (Å²) in [6, 6.07) is 24.3. The van der Waals surface area contributed by atoms with E-state index in [1.807, 2.05) is 36.4 Å². The second-order valence-electron chi connectivity index (χ2n) is 10.7. The summed E-state index contributed by atoms with van der Waals surface area (Å²) in [6.07, 6.45) is 2.58. The molecule has 0 spiro atoms. The van der Waals surface area contributed by atoms with Gasteiger partial charge in [0, 0.05) is 22.5 Å². The normalized spacial score (nSPS) is 27.5. The average Bonchev–Trinajstić information content (AvgIpc) is 2.90. The molecule has 3 aromatic carbocycles. The van der Waals surface area contributed by atoms with E-state index in [2.05, 4.69) is 93.6 Å². The second-order valence-corrected chi connectivity index (χ2v) is 10.7. The molecule has 0 aliphatic carbocycles. The molecule has 5 heteroatoms. The van der Waals surface area contributed by atoms with Crippen molar-refractivity contribution in [2.75, 3.05) is 5.32 Å². The van der Waals surface area contributed by atoms with E-state index < -0.39 is 0 Å². The van der Waals surface area contributed by atoms with Crippen molar-refractivity contribution in [1.82, 2.24) is 10.4 Å². The molecule has 0 aromatic heterocycles. The topological polar surface area (TPSA) is 53.6 Å². The number of hydrogen-bond donors (Lipinski definition) is 2. The first-order valence-electron chi connectivity index (χ1n) is 13.3. The number of carbonyl (C=O) groups excluding carboxylic acids is 1. The number of hydroxylamine groups is 2. The van der Waals surface area contributed by atoms with Gasteiger partial charge in [0.1, 0.15) is 6.10 Å². The molecule has 1 saturated heterocycles. The molecule has 2 amide bonds. The summed E-state index contributed by atoms with van der Waals surface area (Å²) in [5, 5.41) is 10.9. The number of benzene rings is 3. The van der Waals surface area contributed by atoms with E-state index in [0.717, 1.165) is 41.3 Å². The lowest BCUT2D eigenvalue weighted by atomic mass is 9.68. The van der Waals surface area contributed by atoms with E-state index in [0.29, 0.717) is 0 Å². The fourth-order valence-corrected chi connectivity index (χ4v) is 5.75. The van der Waals surface area contributed by atoms with Crippen molar-refractivity contribution < 1.29 is 9.63 Å². The molecule has 1 heterocycles. The lowest BCUT2D eigenvalue weighted by Crippen LogP contribution is -2.70. The van der Waals surface area contributed by atoms with Crippen molar-refractivity contribution >= 4 is 22.5 Å². The Kier molecular flexibility index (Phi) is 7.72. The Labute approximate surface area is 216 Å². The van der Waals surface area contributed by atoms with Gasteiger partial charge in [0.15, 0.2) is 0 Å². The minimum atomic E-state index is -0.247. The highest BCUT2D eigenvalue weighted by Gasteiger charge is 2.54. The maximum atomic E-state index is 13.2. The summed E-state index contributed by atoms with van der Waals surface area (Å²) in [5.41, 5.74) is 1.52. The number of nitrogens with one attached hydrogen (secondary N) is 2. The lowest BCUT2D eigenvalue weighted by molar-refractivity contribution is -0.327. The van der Waals surface area contributed by atoms with Crippen molar-refractivity contribution in [3.63, 3.8) is 0 Å². The number of anilines is 1. The van der Waals surface area contributed by atoms with Crippen LogP contribution < -0.4 is 10.6 Å². The van der Waals surface area contributed by atoms with E-state index in [1.54, 1.807) is 0 Å². The van der Waals surface area contributed by atoms with Crippen LogP contribution in [0.5, 0.6) is 0 Å². The average molecular weight is 488 g/mol. The predicted octanol–water partition coefficient (Wildman–Crippen LogP) is 7.70. The Morgan fingerprint density at radius 2 is 1.67 bits per heavy atom. The minimum absolute atomic E-state index is 0.0155. The van der Waals surface area contributed by atoms with E-state index in [-0.39, 0.29) is 35.2 Å². The van der Waals surface area contributed by atoms with Crippen LogP contribution in [0.1, 0.15) is 72.5 Å². The third-order valence-electron chi connectivity index (χ3n) is 8.56. The predicted molar refractivity (Wildman–Crippen MR) is 149 cm³/mol. The van der Waals surface area contributed by atoms with Gasteiger partial charge in [-0.3, -0.25) is 4.84 Å². The Balaban J connectivity index is 1.55. The lowest BCUT2D eigenvalue weighted by Gasteiger charge is -2.60. The van der Waals surface area contributed by atoms with Crippen molar-refractivity contribution in [2.24, 2.45) is 5.92 Å². The van der Waals surface area contributed by atoms with Gasteiger partial charge in [-0.15, -0.1) is 0 Å². The molecule has 36 heavy (non-hydrogen) atoms. The van der Waals surface area contributed by atoms with Crippen LogP contribution in [0.4, 0.5) is 10.5 Å². The molecule has 1 fully saturated rings. The van der Waals surface area contributed by atoms with Crippen LogP contribution in [0.15, 0.2) is 72.8 Å². The molecule has 192 valence electrons. The van der Waals surface area contributed by atoms with Crippen LogP contribution in [0.2, 0.25) is 0 Å². The number of piperidine rings is 1. The molecule has 3 aromatic rings. The van der Waals surface area contributed by atoms with Crippen molar-refractivity contribution in [3.8, 4) is 0 Å². The van der Waals surface area contributed by atoms with Gasteiger partial charge < -0.3 is 10.6 Å². The van der Waals surface area contributed by atoms with Gasteiger partial charge in [0.2, 0.25) is 0 Å². The quantitative estimate of drug-likeness (QED) is 0.359. The van der Waals surface area contributed by atoms with Crippen LogP contribution in [0.3, 0.4) is 0 Å². The molecule has 1 aliphatic heterocycles. The summed E-state index contributed by atoms with van der Waals surface area (Å²) in [6.45, 7) is 13.3. The first kappa shape index (κ1) is 26.2. The zero-order valence-corrected chi connectivity index (χ0v) is 22.5. The summed E-state index contributed by atoms with van der Waals surface area (Å²) in [4.78, 5) is 20.0. The van der Waals surface area contributed by atoms with Crippen LogP contribution in [-0.2, 0) is 4.84 Å². The standard InChI is InChI=1S/C31H41N3O2/c1-7-30(5)21-28(33-29(35)32-27-20-14-18-25-17-12-13-19-26(25)27)22(3)31(6,8-2)34(30)36-23(4)24-15-10-9-11-16-24/h9-20,22-23,28H,7-8,21H2,1-6H3,(H2,32,33,35). The van der Waals surface area contributed by atoms with E-state index >= 15 is 0 Å². The van der Waals surface area contributed by atoms with Crippen molar-refractivity contribution in [1.29, 1.82) is 0 Å². The third kappa shape index (κ3) is 5.00. The number of carbonyl (C=O) groups is 1. The fourth-order valence-electron chi connectivity index (χ4n) is 5.75. The summed E-state index contributed by atoms with van der Waals surface area (Å²) in [7, 11) is 0. The third-order valence-corrected chi connectivity index (χ3v) is 8.56. The Hall–Kier alpha value is -2.89. The molecule has 4 rings (SSSR count). The molecule has 0 saturated carbocycles. The second kappa shape index (κ2) is 10.6. The van der Waals surface area contributed by atoms with Gasteiger partial charge in [-0.05, 0) is 63.0 Å². The number of nitrogens with zero attached hydrogens (tertiary/aromatic N) is 1. The molecule has 0 radical (unpaired) electrons. The number of urea groups is 1. The summed E-state index contributed by atoms with van der Waals surface area (Å²) in [5.74, 6) is 0.184. The monoisotopic (exact) mass is 487 g/mol. The zero-order valence-electron chi connectivity index (χ0n) is 22.5. The highest BCUT2D eigenvalue weighted by molar-refractivity contribution is 6.01. The van der Waals surface area contributed by atoms with Crippen molar-refractivity contribution in [2.45, 2.75) is 84.0 Å². The molecular weight excluding hydrogens is 446 g/mol. The van der Waals surface area contributed by atoms with Crippen LogP contribution in [0, 0.1) is 5.92 Å². The maximum absolute atomic E-state index is 13.2.